The van der Waals surface area contributed by atoms with Crippen LogP contribution in [0.15, 0.2) is 47.5 Å². The lowest BCUT2D eigenvalue weighted by Crippen LogP contribution is -2.25. The summed E-state index contributed by atoms with van der Waals surface area (Å²) in [5, 5.41) is 6.63. The predicted molar refractivity (Wildman–Crippen MR) is 116 cm³/mol. The summed E-state index contributed by atoms with van der Waals surface area (Å²) in [5.74, 6) is -0.644. The van der Waals surface area contributed by atoms with E-state index in [-0.39, 0.29) is 27.8 Å². The molecule has 1 aromatic heterocycles. The Morgan fingerprint density at radius 2 is 1.94 bits per heavy atom. The summed E-state index contributed by atoms with van der Waals surface area (Å²) < 4.78 is 51.8. The molecule has 1 aliphatic heterocycles. The second-order valence-corrected chi connectivity index (χ2v) is 10.3. The maximum atomic E-state index is 15.2. The summed E-state index contributed by atoms with van der Waals surface area (Å²) in [6.45, 7) is 3.62. The number of ether oxygens (including phenoxy) is 2. The smallest absolute Gasteiger partial charge is 0.260 e. The first-order chi connectivity index (χ1) is 14.9. The highest BCUT2D eigenvalue weighted by Gasteiger charge is 2.37. The summed E-state index contributed by atoms with van der Waals surface area (Å²) in [4.78, 5) is 12.9. The minimum Gasteiger partial charge on any atom is -0.484 e. The van der Waals surface area contributed by atoms with Gasteiger partial charge < -0.3 is 14.8 Å². The largest absolute Gasteiger partial charge is 0.484 e. The number of anilines is 1. The van der Waals surface area contributed by atoms with Gasteiger partial charge in [0.05, 0.1) is 10.5 Å². The fourth-order valence-corrected chi connectivity index (χ4v) is 4.09. The molecule has 0 spiro atoms. The first kappa shape index (κ1) is 21.8. The Bertz CT molecular complexity index is 1310. The molecule has 8 nitrogen and oxygen atoms in total. The summed E-state index contributed by atoms with van der Waals surface area (Å²) in [5.41, 5.74) is -0.443. The van der Waals surface area contributed by atoms with E-state index in [0.29, 0.717) is 17.7 Å². The molecule has 1 amide bonds. The van der Waals surface area contributed by atoms with Crippen LogP contribution in [0.1, 0.15) is 29.8 Å². The van der Waals surface area contributed by atoms with E-state index in [1.807, 2.05) is 13.8 Å². The Hall–Kier alpha value is -3.40. The number of hydrogen-bond donors (Lipinski definition) is 1. The lowest BCUT2D eigenvalue weighted by Gasteiger charge is -2.17. The Morgan fingerprint density at radius 1 is 1.25 bits per heavy atom. The van der Waals surface area contributed by atoms with Crippen molar-refractivity contribution in [1.82, 2.24) is 9.78 Å². The van der Waals surface area contributed by atoms with E-state index >= 15 is 4.39 Å². The van der Waals surface area contributed by atoms with Crippen molar-refractivity contribution in [2.45, 2.75) is 30.8 Å². The Morgan fingerprint density at radius 3 is 2.53 bits per heavy atom. The summed E-state index contributed by atoms with van der Waals surface area (Å²) >= 11 is 0. The standard InChI is InChI=1S/C22H22FN3O5S/c1-22(2)12-16-17(30-13-5-7-14(8-6-13)32(4,28)29)11-15(19(23)20(16)31-22)21(27)24-18-9-10-26(3)25-18/h5-11H,12H2,1-4H3,(H,24,25,27). The molecule has 168 valence electrons. The van der Waals surface area contributed by atoms with Crippen molar-refractivity contribution in [3.8, 4) is 17.2 Å². The van der Waals surface area contributed by atoms with Gasteiger partial charge in [0.25, 0.3) is 5.91 Å². The molecule has 3 aromatic rings. The maximum Gasteiger partial charge on any atom is 0.260 e. The molecule has 1 N–H and O–H groups in total. The van der Waals surface area contributed by atoms with E-state index in [2.05, 4.69) is 10.4 Å². The molecule has 2 aromatic carbocycles. The number of rotatable bonds is 5. The number of aromatic nitrogens is 2. The Balaban J connectivity index is 1.72. The number of carbonyl (C=O) groups is 1. The van der Waals surface area contributed by atoms with Gasteiger partial charge in [-0.15, -0.1) is 0 Å². The molecule has 0 radical (unpaired) electrons. The molecule has 0 saturated carbocycles. The van der Waals surface area contributed by atoms with Gasteiger partial charge in [-0.2, -0.15) is 5.10 Å². The number of fused-ring (bicyclic) bond motifs is 1. The number of benzene rings is 2. The number of aryl methyl sites for hydroxylation is 1. The fourth-order valence-electron chi connectivity index (χ4n) is 3.46. The van der Waals surface area contributed by atoms with Crippen molar-refractivity contribution >= 4 is 21.6 Å². The number of halogens is 1. The van der Waals surface area contributed by atoms with Crippen molar-refractivity contribution in [2.75, 3.05) is 11.6 Å². The van der Waals surface area contributed by atoms with Crippen LogP contribution in [0.4, 0.5) is 10.2 Å². The van der Waals surface area contributed by atoms with E-state index in [9.17, 15) is 13.2 Å². The molecular weight excluding hydrogens is 437 g/mol. The quantitative estimate of drug-likeness (QED) is 0.624. The number of nitrogens with zero attached hydrogens (tertiary/aromatic N) is 2. The molecule has 32 heavy (non-hydrogen) atoms. The van der Waals surface area contributed by atoms with Crippen LogP contribution in [-0.4, -0.2) is 36.0 Å². The van der Waals surface area contributed by atoms with E-state index in [0.717, 1.165) is 6.26 Å². The molecule has 1 aliphatic rings. The van der Waals surface area contributed by atoms with E-state index < -0.39 is 27.2 Å². The first-order valence-corrected chi connectivity index (χ1v) is 11.7. The topological polar surface area (TPSA) is 99.5 Å². The highest BCUT2D eigenvalue weighted by molar-refractivity contribution is 7.90. The van der Waals surface area contributed by atoms with Crippen LogP contribution in [0.25, 0.3) is 0 Å². The lowest BCUT2D eigenvalue weighted by atomic mass is 9.99. The van der Waals surface area contributed by atoms with Crippen LogP contribution in [0.2, 0.25) is 0 Å². The summed E-state index contributed by atoms with van der Waals surface area (Å²) in [6.07, 6.45) is 3.13. The average molecular weight is 459 g/mol. The van der Waals surface area contributed by atoms with Gasteiger partial charge in [-0.05, 0) is 44.2 Å². The Kier molecular flexibility index (Phi) is 5.20. The molecule has 10 heteroatoms. The van der Waals surface area contributed by atoms with Crippen molar-refractivity contribution in [3.63, 3.8) is 0 Å². The van der Waals surface area contributed by atoms with Crippen molar-refractivity contribution in [2.24, 2.45) is 7.05 Å². The van der Waals surface area contributed by atoms with Gasteiger partial charge in [0.2, 0.25) is 0 Å². The van der Waals surface area contributed by atoms with Gasteiger partial charge in [0.15, 0.2) is 27.2 Å². The second kappa shape index (κ2) is 7.63. The predicted octanol–water partition coefficient (Wildman–Crippen LogP) is 3.72. The maximum absolute atomic E-state index is 15.2. The van der Waals surface area contributed by atoms with E-state index in [1.165, 1.54) is 35.0 Å². The molecule has 0 saturated heterocycles. The number of nitrogens with one attached hydrogen (secondary N) is 1. The molecule has 0 aliphatic carbocycles. The van der Waals surface area contributed by atoms with Crippen LogP contribution in [0.3, 0.4) is 0 Å². The zero-order valence-electron chi connectivity index (χ0n) is 18.0. The van der Waals surface area contributed by atoms with Crippen molar-refractivity contribution in [1.29, 1.82) is 0 Å². The van der Waals surface area contributed by atoms with Crippen LogP contribution in [-0.2, 0) is 23.3 Å². The fraction of sp³-hybridized carbons (Fsp3) is 0.273. The third-order valence-electron chi connectivity index (χ3n) is 4.94. The minimum absolute atomic E-state index is 0.0357. The van der Waals surface area contributed by atoms with Crippen molar-refractivity contribution in [3.05, 3.63) is 59.5 Å². The summed E-state index contributed by atoms with van der Waals surface area (Å²) in [6, 6.07) is 8.75. The van der Waals surface area contributed by atoms with E-state index in [1.54, 1.807) is 19.3 Å². The lowest BCUT2D eigenvalue weighted by molar-refractivity contribution is 0.101. The molecule has 0 bridgehead atoms. The highest BCUT2D eigenvalue weighted by Crippen LogP contribution is 2.45. The van der Waals surface area contributed by atoms with Crippen molar-refractivity contribution < 1.29 is 27.1 Å². The Labute approximate surface area is 184 Å². The minimum atomic E-state index is -3.35. The normalized spacial score (nSPS) is 14.5. The molecule has 0 atom stereocenters. The molecule has 0 unspecified atom stereocenters. The van der Waals surface area contributed by atoms with Gasteiger partial charge in [-0.1, -0.05) is 0 Å². The van der Waals surface area contributed by atoms with Crippen LogP contribution < -0.4 is 14.8 Å². The third kappa shape index (κ3) is 4.31. The molecule has 2 heterocycles. The van der Waals surface area contributed by atoms with Gasteiger partial charge in [-0.3, -0.25) is 9.48 Å². The van der Waals surface area contributed by atoms with Crippen LogP contribution >= 0.6 is 0 Å². The molecular formula is C22H22FN3O5S. The summed E-state index contributed by atoms with van der Waals surface area (Å²) in [7, 11) is -1.66. The first-order valence-electron chi connectivity index (χ1n) is 9.76. The van der Waals surface area contributed by atoms with Crippen LogP contribution in [0, 0.1) is 5.82 Å². The van der Waals surface area contributed by atoms with Gasteiger partial charge in [0, 0.05) is 37.6 Å². The highest BCUT2D eigenvalue weighted by atomic mass is 32.2. The van der Waals surface area contributed by atoms with Gasteiger partial charge in [0.1, 0.15) is 17.1 Å². The average Bonchev–Trinajstić information content (AvgIpc) is 3.25. The number of amides is 1. The zero-order valence-corrected chi connectivity index (χ0v) is 18.8. The second-order valence-electron chi connectivity index (χ2n) is 8.26. The number of carbonyl (C=O) groups excluding carboxylic acids is 1. The third-order valence-corrected chi connectivity index (χ3v) is 6.07. The zero-order chi connectivity index (χ0) is 23.3. The molecule has 0 fully saturated rings. The van der Waals surface area contributed by atoms with E-state index in [4.69, 9.17) is 9.47 Å². The number of sulfone groups is 1. The van der Waals surface area contributed by atoms with Crippen LogP contribution in [0.5, 0.6) is 17.2 Å². The van der Waals surface area contributed by atoms with Gasteiger partial charge >= 0.3 is 0 Å². The number of hydrogen-bond acceptors (Lipinski definition) is 6. The molecule has 4 rings (SSSR count). The SMILES string of the molecule is Cn1ccc(NC(=O)c2cc(Oc3ccc(S(C)(=O)=O)cc3)c3c(c2F)OC(C)(C)C3)n1. The monoisotopic (exact) mass is 459 g/mol. The van der Waals surface area contributed by atoms with Gasteiger partial charge in [-0.25, -0.2) is 12.8 Å².